The van der Waals surface area contributed by atoms with Gasteiger partial charge >= 0.3 is 7.60 Å². The van der Waals surface area contributed by atoms with Crippen LogP contribution in [0.1, 0.15) is 85.5 Å². The predicted octanol–water partition coefficient (Wildman–Crippen LogP) is 5.47. The zero-order valence-corrected chi connectivity index (χ0v) is 21.8. The lowest BCUT2D eigenvalue weighted by Gasteiger charge is -2.64. The first-order valence-electron chi connectivity index (χ1n) is 13.2. The minimum absolute atomic E-state index is 0.198. The highest BCUT2D eigenvalue weighted by molar-refractivity contribution is 7.51. The maximum Gasteiger partial charge on any atom is 0.325 e. The first kappa shape index (κ1) is 25.2. The van der Waals surface area contributed by atoms with Gasteiger partial charge in [-0.1, -0.05) is 34.1 Å². The van der Waals surface area contributed by atoms with Gasteiger partial charge in [-0.2, -0.15) is 0 Å². The van der Waals surface area contributed by atoms with Crippen LogP contribution in [-0.4, -0.2) is 40.6 Å². The van der Waals surface area contributed by atoms with Crippen molar-refractivity contribution in [3.63, 3.8) is 0 Å². The van der Waals surface area contributed by atoms with Crippen LogP contribution in [0.25, 0.3) is 0 Å². The lowest BCUT2D eigenvalue weighted by Crippen LogP contribution is -2.62. The molecule has 4 aliphatic rings. The van der Waals surface area contributed by atoms with Crippen LogP contribution in [0.3, 0.4) is 0 Å². The number of fused-ring (bicyclic) bond motifs is 5. The van der Waals surface area contributed by atoms with E-state index in [1.807, 2.05) is 0 Å². The molecule has 12 atom stereocenters. The van der Waals surface area contributed by atoms with E-state index in [2.05, 4.69) is 27.7 Å². The SMILES string of the molecule is CC[C@H]1[C@@H](O)[C@@H]2[C@H](CC[C@]3(C)[C@@H]([C@H](C)CCOP(C)(=O)O)CC[C@@H]23)[C@@]2(C)CC[C@@H](O)C[C@@H]12. The molecule has 5 nitrogen and oxygen atoms in total. The predicted molar refractivity (Wildman–Crippen MR) is 127 cm³/mol. The van der Waals surface area contributed by atoms with E-state index in [-0.39, 0.29) is 23.0 Å². The average molecular weight is 471 g/mol. The van der Waals surface area contributed by atoms with Gasteiger partial charge in [0.15, 0.2) is 0 Å². The summed E-state index contributed by atoms with van der Waals surface area (Å²) >= 11 is 0. The summed E-state index contributed by atoms with van der Waals surface area (Å²) in [4.78, 5) is 9.47. The molecule has 0 saturated heterocycles. The standard InChI is InChI=1S/C26H47O5P/c1-6-18-22-15-17(27)9-12-26(22,4)21-10-13-25(3)19(7-8-20(25)23(21)24(18)28)16(2)11-14-31-32(5,29)30/h16-24,27-28H,6-15H2,1-5H3,(H,29,30)/t16-,17-,18-,19-,20+,21+,22+,23+,24-,25-,26-/m1/s1. The number of aliphatic hydroxyl groups is 2. The third-order valence-corrected chi connectivity index (χ3v) is 11.7. The van der Waals surface area contributed by atoms with Gasteiger partial charge in [0, 0.05) is 6.66 Å². The van der Waals surface area contributed by atoms with Gasteiger partial charge < -0.3 is 19.6 Å². The summed E-state index contributed by atoms with van der Waals surface area (Å²) in [7, 11) is -3.41. The highest BCUT2D eigenvalue weighted by Crippen LogP contribution is 2.69. The number of rotatable bonds is 6. The van der Waals surface area contributed by atoms with Gasteiger partial charge in [-0.25, -0.2) is 0 Å². The van der Waals surface area contributed by atoms with Crippen molar-refractivity contribution in [1.29, 1.82) is 0 Å². The average Bonchev–Trinajstić information content (AvgIpc) is 3.06. The van der Waals surface area contributed by atoms with Crippen LogP contribution >= 0.6 is 7.60 Å². The van der Waals surface area contributed by atoms with Gasteiger partial charge in [0.2, 0.25) is 0 Å². The smallest absolute Gasteiger partial charge is 0.325 e. The zero-order valence-electron chi connectivity index (χ0n) is 20.9. The Kier molecular flexibility index (Phi) is 7.03. The summed E-state index contributed by atoms with van der Waals surface area (Å²) in [5.74, 6) is 3.26. The minimum atomic E-state index is -3.41. The topological polar surface area (TPSA) is 87.0 Å². The van der Waals surface area contributed by atoms with E-state index >= 15 is 0 Å². The second-order valence-electron chi connectivity index (χ2n) is 12.5. The molecule has 0 aromatic rings. The highest BCUT2D eigenvalue weighted by Gasteiger charge is 2.64. The van der Waals surface area contributed by atoms with Crippen molar-refractivity contribution in [2.24, 2.45) is 52.3 Å². The van der Waals surface area contributed by atoms with Crippen LogP contribution in [0.4, 0.5) is 0 Å². The van der Waals surface area contributed by atoms with Crippen LogP contribution in [-0.2, 0) is 9.09 Å². The Morgan fingerprint density at radius 1 is 1.03 bits per heavy atom. The fourth-order valence-corrected chi connectivity index (χ4v) is 9.99. The Hall–Kier alpha value is 0.0700. The number of hydrogen-bond acceptors (Lipinski definition) is 4. The molecule has 4 saturated carbocycles. The summed E-state index contributed by atoms with van der Waals surface area (Å²) in [6.07, 6.45) is 9.03. The number of aliphatic hydroxyl groups excluding tert-OH is 2. The molecule has 32 heavy (non-hydrogen) atoms. The molecule has 186 valence electrons. The monoisotopic (exact) mass is 470 g/mol. The van der Waals surface area contributed by atoms with Gasteiger partial charge in [0.05, 0.1) is 18.8 Å². The molecule has 1 unspecified atom stereocenters. The molecule has 3 N–H and O–H groups in total. The first-order chi connectivity index (χ1) is 14.9. The Morgan fingerprint density at radius 2 is 1.69 bits per heavy atom. The second kappa shape index (κ2) is 8.94. The third-order valence-electron chi connectivity index (χ3n) is 11.1. The van der Waals surface area contributed by atoms with Crippen LogP contribution in [0.2, 0.25) is 0 Å². The molecular weight excluding hydrogens is 423 g/mol. The van der Waals surface area contributed by atoms with E-state index in [1.165, 1.54) is 32.3 Å². The van der Waals surface area contributed by atoms with Gasteiger partial charge in [-0.3, -0.25) is 4.57 Å². The second-order valence-corrected chi connectivity index (χ2v) is 14.4. The Balaban J connectivity index is 1.55. The van der Waals surface area contributed by atoms with Crippen molar-refractivity contribution in [2.75, 3.05) is 13.3 Å². The van der Waals surface area contributed by atoms with Crippen LogP contribution in [0.5, 0.6) is 0 Å². The van der Waals surface area contributed by atoms with Crippen LogP contribution in [0.15, 0.2) is 0 Å². The fraction of sp³-hybridized carbons (Fsp3) is 1.00. The maximum absolute atomic E-state index is 11.8. The van der Waals surface area contributed by atoms with Crippen molar-refractivity contribution in [3.05, 3.63) is 0 Å². The molecule has 0 aromatic carbocycles. The maximum atomic E-state index is 11.8. The third kappa shape index (κ3) is 4.17. The van der Waals surface area contributed by atoms with Gasteiger partial charge in [0.25, 0.3) is 0 Å². The molecule has 0 heterocycles. The molecule has 0 bridgehead atoms. The Morgan fingerprint density at radius 3 is 2.34 bits per heavy atom. The van der Waals surface area contributed by atoms with Crippen LogP contribution < -0.4 is 0 Å². The molecule has 4 fully saturated rings. The van der Waals surface area contributed by atoms with E-state index in [0.29, 0.717) is 48.0 Å². The molecule has 0 aromatic heterocycles. The molecule has 0 spiro atoms. The van der Waals surface area contributed by atoms with Gasteiger partial charge in [0.1, 0.15) is 0 Å². The van der Waals surface area contributed by atoms with E-state index in [4.69, 9.17) is 4.52 Å². The Labute approximate surface area is 195 Å². The van der Waals surface area contributed by atoms with Gasteiger partial charge in [-0.05, 0) is 104 Å². The summed E-state index contributed by atoms with van der Waals surface area (Å²) < 4.78 is 16.7. The summed E-state index contributed by atoms with van der Waals surface area (Å²) in [6.45, 7) is 11.1. The molecule has 6 heteroatoms. The highest BCUT2D eigenvalue weighted by atomic mass is 31.2. The van der Waals surface area contributed by atoms with E-state index in [9.17, 15) is 19.7 Å². The van der Waals surface area contributed by atoms with Crippen LogP contribution in [0, 0.1) is 52.3 Å². The molecular formula is C26H47O5P. The van der Waals surface area contributed by atoms with Crippen molar-refractivity contribution in [2.45, 2.75) is 97.7 Å². The molecule has 0 amide bonds. The van der Waals surface area contributed by atoms with Crippen molar-refractivity contribution >= 4 is 7.60 Å². The first-order valence-corrected chi connectivity index (χ1v) is 15.3. The van der Waals surface area contributed by atoms with E-state index < -0.39 is 7.60 Å². The zero-order chi connectivity index (χ0) is 23.5. The fourth-order valence-electron chi connectivity index (χ4n) is 9.54. The molecule has 4 rings (SSSR count). The lowest BCUT2D eigenvalue weighted by atomic mass is 9.41. The summed E-state index contributed by atoms with van der Waals surface area (Å²) in [5.41, 5.74) is 0.471. The van der Waals surface area contributed by atoms with Gasteiger partial charge in [-0.15, -0.1) is 0 Å². The van der Waals surface area contributed by atoms with Crippen molar-refractivity contribution < 1.29 is 24.2 Å². The molecule has 0 radical (unpaired) electrons. The Bertz CT molecular complexity index is 723. The quantitative estimate of drug-likeness (QED) is 0.448. The van der Waals surface area contributed by atoms with E-state index in [1.54, 1.807) is 0 Å². The largest absolute Gasteiger partial charge is 0.393 e. The molecule has 4 aliphatic carbocycles. The normalized spacial score (nSPS) is 51.2. The van der Waals surface area contributed by atoms with Crippen molar-refractivity contribution in [3.8, 4) is 0 Å². The summed E-state index contributed by atoms with van der Waals surface area (Å²) in [5, 5.41) is 22.2. The van der Waals surface area contributed by atoms with Crippen molar-refractivity contribution in [1.82, 2.24) is 0 Å². The molecule has 0 aliphatic heterocycles. The lowest BCUT2D eigenvalue weighted by molar-refractivity contribution is -0.203. The number of hydrogen-bond donors (Lipinski definition) is 3. The summed E-state index contributed by atoms with van der Waals surface area (Å²) in [6, 6.07) is 0. The van der Waals surface area contributed by atoms with E-state index in [0.717, 1.165) is 32.1 Å². The minimum Gasteiger partial charge on any atom is -0.393 e.